The molecule has 2 aromatic heterocycles. The topological polar surface area (TPSA) is 92.3 Å². The Kier molecular flexibility index (Phi) is 5.23. The van der Waals surface area contributed by atoms with Crippen molar-refractivity contribution in [1.82, 2.24) is 19.7 Å². The van der Waals surface area contributed by atoms with Gasteiger partial charge in [0.2, 0.25) is 18.5 Å². The standard InChI is InChI=1S/C25H18N4O4S/c30-24-18-11-20-21(32-15-31-20)12-19(18)26-25(29(24)13-16-7-3-1-4-8-16)34-14-22-27-23(28-33-22)17-9-5-2-6-10-17/h1-12H,13-15H2. The normalized spacial score (nSPS) is 12.4. The van der Waals surface area contributed by atoms with Crippen LogP contribution in [0.25, 0.3) is 22.3 Å². The largest absolute Gasteiger partial charge is 0.454 e. The average molecular weight is 471 g/mol. The number of nitrogens with zero attached hydrogens (tertiary/aromatic N) is 4. The molecular weight excluding hydrogens is 452 g/mol. The van der Waals surface area contributed by atoms with E-state index in [4.69, 9.17) is 19.0 Å². The SMILES string of the molecule is O=c1c2cc3c(cc2nc(SCc2nc(-c4ccccc4)no2)n1Cc1ccccc1)OCO3. The van der Waals surface area contributed by atoms with Crippen LogP contribution in [0.3, 0.4) is 0 Å². The second kappa shape index (κ2) is 8.68. The fraction of sp³-hybridized carbons (Fsp3) is 0.120. The molecule has 6 rings (SSSR count). The zero-order valence-electron chi connectivity index (χ0n) is 17.9. The first-order valence-corrected chi connectivity index (χ1v) is 11.6. The van der Waals surface area contributed by atoms with Crippen LogP contribution in [-0.2, 0) is 12.3 Å². The number of rotatable bonds is 6. The molecule has 9 heteroatoms. The van der Waals surface area contributed by atoms with E-state index in [0.29, 0.717) is 51.6 Å². The lowest BCUT2D eigenvalue weighted by atomic mass is 10.2. The maximum absolute atomic E-state index is 13.5. The molecule has 0 bridgehead atoms. The molecule has 3 heterocycles. The predicted octanol–water partition coefficient (Wildman–Crippen LogP) is 4.52. The Morgan fingerprint density at radius 1 is 0.912 bits per heavy atom. The van der Waals surface area contributed by atoms with E-state index < -0.39 is 0 Å². The first kappa shape index (κ1) is 20.5. The van der Waals surface area contributed by atoms with Gasteiger partial charge in [-0.15, -0.1) is 0 Å². The highest BCUT2D eigenvalue weighted by atomic mass is 32.2. The van der Waals surface area contributed by atoms with Gasteiger partial charge in [0.15, 0.2) is 16.7 Å². The summed E-state index contributed by atoms with van der Waals surface area (Å²) in [5.41, 5.74) is 2.28. The molecule has 0 radical (unpaired) electrons. The van der Waals surface area contributed by atoms with Crippen molar-refractivity contribution in [2.45, 2.75) is 17.5 Å². The molecular formula is C25H18N4O4S. The van der Waals surface area contributed by atoms with Crippen molar-refractivity contribution < 1.29 is 14.0 Å². The Labute approximate surface area is 198 Å². The Morgan fingerprint density at radius 3 is 2.44 bits per heavy atom. The van der Waals surface area contributed by atoms with E-state index in [0.717, 1.165) is 11.1 Å². The second-order valence-electron chi connectivity index (χ2n) is 7.66. The molecule has 0 N–H and O–H groups in total. The molecule has 1 aliphatic heterocycles. The first-order chi connectivity index (χ1) is 16.7. The Bertz CT molecular complexity index is 1530. The van der Waals surface area contributed by atoms with Crippen LogP contribution in [0, 0.1) is 0 Å². The van der Waals surface area contributed by atoms with Crippen molar-refractivity contribution in [2.75, 3.05) is 6.79 Å². The van der Waals surface area contributed by atoms with Crippen molar-refractivity contribution in [1.29, 1.82) is 0 Å². The van der Waals surface area contributed by atoms with Gasteiger partial charge in [0, 0.05) is 11.6 Å². The van der Waals surface area contributed by atoms with Gasteiger partial charge >= 0.3 is 0 Å². The maximum Gasteiger partial charge on any atom is 0.262 e. The highest BCUT2D eigenvalue weighted by Crippen LogP contribution is 2.35. The molecule has 3 aromatic carbocycles. The lowest BCUT2D eigenvalue weighted by Crippen LogP contribution is -2.24. The Balaban J connectivity index is 1.36. The first-order valence-electron chi connectivity index (χ1n) is 10.6. The zero-order valence-corrected chi connectivity index (χ0v) is 18.7. The number of aromatic nitrogens is 4. The van der Waals surface area contributed by atoms with Crippen LogP contribution >= 0.6 is 11.8 Å². The Hall–Kier alpha value is -4.11. The molecule has 0 spiro atoms. The molecule has 168 valence electrons. The molecule has 0 unspecified atom stereocenters. The van der Waals surface area contributed by atoms with Gasteiger partial charge < -0.3 is 14.0 Å². The van der Waals surface area contributed by atoms with E-state index in [1.807, 2.05) is 60.7 Å². The monoisotopic (exact) mass is 470 g/mol. The number of ether oxygens (including phenoxy) is 2. The third kappa shape index (κ3) is 3.90. The minimum absolute atomic E-state index is 0.131. The summed E-state index contributed by atoms with van der Waals surface area (Å²) < 4.78 is 18.0. The number of hydrogen-bond acceptors (Lipinski definition) is 8. The summed E-state index contributed by atoms with van der Waals surface area (Å²) in [4.78, 5) is 22.8. The maximum atomic E-state index is 13.5. The van der Waals surface area contributed by atoms with Crippen LogP contribution in [-0.4, -0.2) is 26.5 Å². The van der Waals surface area contributed by atoms with E-state index >= 15 is 0 Å². The minimum atomic E-state index is -0.148. The van der Waals surface area contributed by atoms with Gasteiger partial charge in [0.05, 0.1) is 23.2 Å². The lowest BCUT2D eigenvalue weighted by molar-refractivity contribution is 0.174. The summed E-state index contributed by atoms with van der Waals surface area (Å²) in [5, 5.41) is 5.11. The molecule has 1 aliphatic rings. The molecule has 0 fully saturated rings. The summed E-state index contributed by atoms with van der Waals surface area (Å²) in [7, 11) is 0. The van der Waals surface area contributed by atoms with Crippen molar-refractivity contribution in [3.05, 3.63) is 94.6 Å². The highest BCUT2D eigenvalue weighted by Gasteiger charge is 2.20. The van der Waals surface area contributed by atoms with Crippen molar-refractivity contribution in [3.8, 4) is 22.9 Å². The molecule has 0 saturated carbocycles. The van der Waals surface area contributed by atoms with Gasteiger partial charge in [-0.2, -0.15) is 4.98 Å². The number of hydrogen-bond donors (Lipinski definition) is 0. The summed E-state index contributed by atoms with van der Waals surface area (Å²) >= 11 is 1.37. The van der Waals surface area contributed by atoms with Crippen molar-refractivity contribution >= 4 is 22.7 Å². The predicted molar refractivity (Wildman–Crippen MR) is 127 cm³/mol. The second-order valence-corrected chi connectivity index (χ2v) is 8.60. The van der Waals surface area contributed by atoms with Gasteiger partial charge in [0.1, 0.15) is 0 Å². The van der Waals surface area contributed by atoms with Crippen LogP contribution in [0.15, 0.2) is 87.3 Å². The fourth-order valence-corrected chi connectivity index (χ4v) is 4.59. The quantitative estimate of drug-likeness (QED) is 0.264. The summed E-state index contributed by atoms with van der Waals surface area (Å²) in [6.07, 6.45) is 0. The molecule has 0 atom stereocenters. The van der Waals surface area contributed by atoms with Crippen molar-refractivity contribution in [2.24, 2.45) is 0 Å². The van der Waals surface area contributed by atoms with Gasteiger partial charge in [-0.1, -0.05) is 77.6 Å². The van der Waals surface area contributed by atoms with E-state index in [9.17, 15) is 4.79 Å². The van der Waals surface area contributed by atoms with E-state index in [-0.39, 0.29) is 12.4 Å². The van der Waals surface area contributed by atoms with Crippen LogP contribution in [0.4, 0.5) is 0 Å². The Morgan fingerprint density at radius 2 is 1.65 bits per heavy atom. The van der Waals surface area contributed by atoms with Gasteiger partial charge in [-0.25, -0.2) is 4.98 Å². The lowest BCUT2D eigenvalue weighted by Gasteiger charge is -2.13. The molecule has 0 aliphatic carbocycles. The minimum Gasteiger partial charge on any atom is -0.454 e. The molecule has 8 nitrogen and oxygen atoms in total. The highest BCUT2D eigenvalue weighted by molar-refractivity contribution is 7.98. The summed E-state index contributed by atoms with van der Waals surface area (Å²) in [6.45, 7) is 0.519. The van der Waals surface area contributed by atoms with E-state index in [2.05, 4.69) is 10.1 Å². The average Bonchev–Trinajstić information content (AvgIpc) is 3.54. The van der Waals surface area contributed by atoms with Gasteiger partial charge in [0.25, 0.3) is 5.56 Å². The smallest absolute Gasteiger partial charge is 0.262 e. The van der Waals surface area contributed by atoms with E-state index in [1.54, 1.807) is 16.7 Å². The molecule has 0 saturated heterocycles. The molecule has 0 amide bonds. The third-order valence-corrected chi connectivity index (χ3v) is 6.38. The van der Waals surface area contributed by atoms with Gasteiger partial charge in [-0.05, 0) is 11.6 Å². The fourth-order valence-electron chi connectivity index (χ4n) is 3.75. The zero-order chi connectivity index (χ0) is 22.9. The number of fused-ring (bicyclic) bond motifs is 2. The van der Waals surface area contributed by atoms with Crippen LogP contribution in [0.5, 0.6) is 11.5 Å². The summed E-state index contributed by atoms with van der Waals surface area (Å²) in [5.74, 6) is 2.49. The van der Waals surface area contributed by atoms with Crippen LogP contribution in [0.2, 0.25) is 0 Å². The summed E-state index contributed by atoms with van der Waals surface area (Å²) in [6, 6.07) is 22.9. The number of thioether (sulfide) groups is 1. The van der Waals surface area contributed by atoms with E-state index in [1.165, 1.54) is 11.8 Å². The third-order valence-electron chi connectivity index (χ3n) is 5.42. The van der Waals surface area contributed by atoms with Crippen molar-refractivity contribution in [3.63, 3.8) is 0 Å². The van der Waals surface area contributed by atoms with Crippen LogP contribution < -0.4 is 15.0 Å². The van der Waals surface area contributed by atoms with Gasteiger partial charge in [-0.3, -0.25) is 9.36 Å². The van der Waals surface area contributed by atoms with Crippen LogP contribution in [0.1, 0.15) is 11.5 Å². The number of benzene rings is 3. The molecule has 5 aromatic rings. The molecule has 34 heavy (non-hydrogen) atoms.